The molecule has 6 heteroatoms. The largest absolute Gasteiger partial charge is 0.508 e. The first-order chi connectivity index (χ1) is 11.2. The van der Waals surface area contributed by atoms with Crippen molar-refractivity contribution in [3.63, 3.8) is 0 Å². The number of aromatic nitrogens is 2. The monoisotopic (exact) mass is 303 g/mol. The number of hydrogen-bond acceptors (Lipinski definition) is 6. The van der Waals surface area contributed by atoms with Crippen LogP contribution in [0.4, 0.5) is 23.0 Å². The minimum absolute atomic E-state index is 0.122. The molecule has 0 aliphatic heterocycles. The van der Waals surface area contributed by atoms with Crippen LogP contribution in [-0.4, -0.2) is 15.1 Å². The average molecular weight is 303 g/mol. The van der Waals surface area contributed by atoms with Gasteiger partial charge in [-0.25, -0.2) is 9.97 Å². The lowest BCUT2D eigenvalue weighted by atomic mass is 10.2. The van der Waals surface area contributed by atoms with Gasteiger partial charge in [-0.1, -0.05) is 18.2 Å². The van der Waals surface area contributed by atoms with Crippen LogP contribution in [0.15, 0.2) is 60.9 Å². The Hall–Kier alpha value is -3.59. The molecular weight excluding hydrogens is 290 g/mol. The molecule has 0 aliphatic rings. The Morgan fingerprint density at radius 1 is 0.957 bits per heavy atom. The van der Waals surface area contributed by atoms with E-state index in [0.29, 0.717) is 5.82 Å². The highest BCUT2D eigenvalue weighted by molar-refractivity contribution is 5.79. The second-order valence-electron chi connectivity index (χ2n) is 4.76. The van der Waals surface area contributed by atoms with Crippen LogP contribution in [0.3, 0.4) is 0 Å². The normalized spacial score (nSPS) is 10.0. The highest BCUT2D eigenvalue weighted by Gasteiger charge is 2.19. The lowest BCUT2D eigenvalue weighted by molar-refractivity contribution is 0.475. The summed E-state index contributed by atoms with van der Waals surface area (Å²) < 4.78 is 0. The van der Waals surface area contributed by atoms with Gasteiger partial charge in [0.05, 0.1) is 0 Å². The molecule has 2 aromatic carbocycles. The average Bonchev–Trinajstić information content (AvgIpc) is 2.58. The van der Waals surface area contributed by atoms with Crippen LogP contribution in [-0.2, 0) is 0 Å². The van der Waals surface area contributed by atoms with Gasteiger partial charge in [0, 0.05) is 11.4 Å². The van der Waals surface area contributed by atoms with Crippen molar-refractivity contribution in [2.45, 2.75) is 0 Å². The molecule has 23 heavy (non-hydrogen) atoms. The number of phenols is 1. The zero-order chi connectivity index (χ0) is 16.2. The number of phenolic OH excluding ortho intramolecular Hbond substituents is 1. The third-order valence-corrected chi connectivity index (χ3v) is 3.30. The Morgan fingerprint density at radius 2 is 1.61 bits per heavy atom. The summed E-state index contributed by atoms with van der Waals surface area (Å²) in [7, 11) is 0. The first kappa shape index (κ1) is 14.4. The lowest BCUT2D eigenvalue weighted by Gasteiger charge is -2.25. The van der Waals surface area contributed by atoms with E-state index in [9.17, 15) is 10.4 Å². The van der Waals surface area contributed by atoms with Crippen molar-refractivity contribution in [3.05, 3.63) is 66.5 Å². The van der Waals surface area contributed by atoms with E-state index in [4.69, 9.17) is 5.73 Å². The molecule has 0 fully saturated rings. The summed E-state index contributed by atoms with van der Waals surface area (Å²) in [6.07, 6.45) is 1.32. The summed E-state index contributed by atoms with van der Waals surface area (Å²) in [5.74, 6) is 0.665. The third kappa shape index (κ3) is 2.76. The molecule has 0 unspecified atom stereocenters. The van der Waals surface area contributed by atoms with E-state index in [2.05, 4.69) is 16.0 Å². The number of nitrogen functional groups attached to an aromatic ring is 1. The molecule has 1 aromatic heterocycles. The fourth-order valence-electron chi connectivity index (χ4n) is 2.24. The van der Waals surface area contributed by atoms with Crippen molar-refractivity contribution in [3.8, 4) is 11.8 Å². The highest BCUT2D eigenvalue weighted by atomic mass is 16.3. The van der Waals surface area contributed by atoms with E-state index >= 15 is 0 Å². The number of hydrogen-bond donors (Lipinski definition) is 2. The maximum absolute atomic E-state index is 9.51. The van der Waals surface area contributed by atoms with Crippen LogP contribution in [0, 0.1) is 11.3 Å². The molecule has 0 saturated carbocycles. The van der Waals surface area contributed by atoms with E-state index in [1.54, 1.807) is 29.2 Å². The van der Waals surface area contributed by atoms with E-state index in [1.165, 1.54) is 6.33 Å². The molecule has 0 spiro atoms. The topological polar surface area (TPSA) is 99.1 Å². The van der Waals surface area contributed by atoms with Gasteiger partial charge in [-0.3, -0.25) is 4.90 Å². The van der Waals surface area contributed by atoms with E-state index in [-0.39, 0.29) is 17.1 Å². The molecule has 3 rings (SSSR count). The van der Waals surface area contributed by atoms with Crippen molar-refractivity contribution < 1.29 is 5.11 Å². The molecule has 3 aromatic rings. The SMILES string of the molecule is N#Cc1c(N)ncnc1N(c1ccccc1)c1ccc(O)cc1. The van der Waals surface area contributed by atoms with Crippen molar-refractivity contribution >= 4 is 23.0 Å². The second kappa shape index (κ2) is 6.03. The predicted molar refractivity (Wildman–Crippen MR) is 87.5 cm³/mol. The summed E-state index contributed by atoms with van der Waals surface area (Å²) >= 11 is 0. The van der Waals surface area contributed by atoms with Crippen LogP contribution in [0.5, 0.6) is 5.75 Å². The van der Waals surface area contributed by atoms with Crippen LogP contribution >= 0.6 is 0 Å². The van der Waals surface area contributed by atoms with E-state index in [1.807, 2.05) is 30.3 Å². The Bertz CT molecular complexity index is 856. The number of aromatic hydroxyl groups is 1. The molecule has 0 amide bonds. The number of benzene rings is 2. The molecule has 0 saturated heterocycles. The molecule has 1 heterocycles. The van der Waals surface area contributed by atoms with Gasteiger partial charge in [-0.05, 0) is 36.4 Å². The molecule has 0 aliphatic carbocycles. The fraction of sp³-hybridized carbons (Fsp3) is 0. The molecule has 3 N–H and O–H groups in total. The van der Waals surface area contributed by atoms with Gasteiger partial charge in [0.2, 0.25) is 0 Å². The summed E-state index contributed by atoms with van der Waals surface area (Å²) in [6, 6.07) is 18.1. The quantitative estimate of drug-likeness (QED) is 0.771. The molecule has 0 bridgehead atoms. The van der Waals surface area contributed by atoms with E-state index < -0.39 is 0 Å². The summed E-state index contributed by atoms with van der Waals surface area (Å²) in [5.41, 5.74) is 7.56. The maximum atomic E-state index is 9.51. The van der Waals surface area contributed by atoms with Gasteiger partial charge in [0.25, 0.3) is 0 Å². The first-order valence-electron chi connectivity index (χ1n) is 6.85. The van der Waals surface area contributed by atoms with Gasteiger partial charge in [0.1, 0.15) is 29.5 Å². The van der Waals surface area contributed by atoms with Gasteiger partial charge < -0.3 is 10.8 Å². The van der Waals surface area contributed by atoms with Gasteiger partial charge in [-0.15, -0.1) is 0 Å². The van der Waals surface area contributed by atoms with Crippen LogP contribution in [0.1, 0.15) is 5.56 Å². The standard InChI is InChI=1S/C17H13N5O/c18-10-15-16(19)20-11-21-17(15)22(12-4-2-1-3-5-12)13-6-8-14(23)9-7-13/h1-9,11,23H,(H2,19,20,21). The Balaban J connectivity index is 2.23. The number of nitrogens with two attached hydrogens (primary N) is 1. The fourth-order valence-corrected chi connectivity index (χ4v) is 2.24. The zero-order valence-electron chi connectivity index (χ0n) is 12.1. The van der Waals surface area contributed by atoms with Crippen molar-refractivity contribution in [1.29, 1.82) is 5.26 Å². The highest BCUT2D eigenvalue weighted by Crippen LogP contribution is 2.36. The molecule has 6 nitrogen and oxygen atoms in total. The summed E-state index contributed by atoms with van der Waals surface area (Å²) in [5, 5.41) is 18.9. The minimum Gasteiger partial charge on any atom is -0.508 e. The van der Waals surface area contributed by atoms with Crippen molar-refractivity contribution in [1.82, 2.24) is 9.97 Å². The number of para-hydroxylation sites is 1. The number of nitrogens with zero attached hydrogens (tertiary/aromatic N) is 4. The van der Waals surface area contributed by atoms with Gasteiger partial charge in [0.15, 0.2) is 5.82 Å². The smallest absolute Gasteiger partial charge is 0.161 e. The first-order valence-corrected chi connectivity index (χ1v) is 6.85. The van der Waals surface area contributed by atoms with Gasteiger partial charge in [-0.2, -0.15) is 5.26 Å². The van der Waals surface area contributed by atoms with Crippen LogP contribution in [0.2, 0.25) is 0 Å². The number of nitriles is 1. The Morgan fingerprint density at radius 3 is 2.26 bits per heavy atom. The zero-order valence-corrected chi connectivity index (χ0v) is 12.1. The maximum Gasteiger partial charge on any atom is 0.161 e. The van der Waals surface area contributed by atoms with Gasteiger partial charge >= 0.3 is 0 Å². The van der Waals surface area contributed by atoms with Crippen molar-refractivity contribution in [2.75, 3.05) is 10.6 Å². The molecule has 112 valence electrons. The summed E-state index contributed by atoms with van der Waals surface area (Å²) in [6.45, 7) is 0. The third-order valence-electron chi connectivity index (χ3n) is 3.30. The van der Waals surface area contributed by atoms with Crippen LogP contribution < -0.4 is 10.6 Å². The predicted octanol–water partition coefficient (Wildman–Crippen LogP) is 3.11. The Kier molecular flexibility index (Phi) is 3.77. The summed E-state index contributed by atoms with van der Waals surface area (Å²) in [4.78, 5) is 9.90. The van der Waals surface area contributed by atoms with E-state index in [0.717, 1.165) is 11.4 Å². The number of rotatable bonds is 3. The van der Waals surface area contributed by atoms with Crippen LogP contribution in [0.25, 0.3) is 0 Å². The Labute approximate surface area is 133 Å². The molecule has 0 atom stereocenters. The molecule has 0 radical (unpaired) electrons. The number of anilines is 4. The molecular formula is C17H13N5O. The van der Waals surface area contributed by atoms with Crippen molar-refractivity contribution in [2.24, 2.45) is 0 Å². The lowest BCUT2D eigenvalue weighted by Crippen LogP contribution is -2.14. The minimum atomic E-state index is 0.122. The second-order valence-corrected chi connectivity index (χ2v) is 4.76.